The minimum absolute atomic E-state index is 0.0533. The number of carbonyl (C=O) groups is 1. The standard InChI is InChI=1S/C28H30ClN5O3/c1-16-10-17(4-8-21(16)27(36)32-20-6-7-20)25-13-30-26-24(31-15-28(2,3)37)12-23(33-34(25)26)22-9-5-19(29)11-18(22)14-35/h4-5,8-13,20,31,35,37H,6-7,14-15H2,1-3H3,(H,32,36). The average molecular weight is 520 g/mol. The average Bonchev–Trinajstić information content (AvgIpc) is 3.56. The summed E-state index contributed by atoms with van der Waals surface area (Å²) >= 11 is 6.16. The Labute approximate surface area is 220 Å². The number of rotatable bonds is 8. The molecule has 1 aliphatic carbocycles. The molecule has 1 fully saturated rings. The lowest BCUT2D eigenvalue weighted by Crippen LogP contribution is -2.29. The molecule has 4 aromatic rings. The number of hydrogen-bond donors (Lipinski definition) is 4. The first-order valence-corrected chi connectivity index (χ1v) is 12.7. The van der Waals surface area contributed by atoms with Crippen LogP contribution in [0.2, 0.25) is 5.02 Å². The molecule has 0 bridgehead atoms. The smallest absolute Gasteiger partial charge is 0.251 e. The van der Waals surface area contributed by atoms with Gasteiger partial charge in [-0.2, -0.15) is 5.10 Å². The number of aromatic nitrogens is 3. The van der Waals surface area contributed by atoms with Crippen LogP contribution in [0.5, 0.6) is 0 Å². The molecule has 0 radical (unpaired) electrons. The van der Waals surface area contributed by atoms with E-state index in [4.69, 9.17) is 16.7 Å². The molecule has 0 aliphatic heterocycles. The molecule has 1 aliphatic rings. The van der Waals surface area contributed by atoms with E-state index in [2.05, 4.69) is 15.6 Å². The molecule has 0 atom stereocenters. The number of aliphatic hydroxyl groups excluding tert-OH is 1. The minimum atomic E-state index is -0.944. The maximum atomic E-state index is 12.6. The molecule has 192 valence electrons. The Bertz CT molecular complexity index is 1490. The highest BCUT2D eigenvalue weighted by atomic mass is 35.5. The lowest BCUT2D eigenvalue weighted by atomic mass is 10.0. The summed E-state index contributed by atoms with van der Waals surface area (Å²) in [7, 11) is 0. The highest BCUT2D eigenvalue weighted by Gasteiger charge is 2.25. The molecule has 5 rings (SSSR count). The van der Waals surface area contributed by atoms with Gasteiger partial charge in [-0.15, -0.1) is 0 Å². The molecule has 2 heterocycles. The first-order valence-electron chi connectivity index (χ1n) is 12.3. The number of aliphatic hydroxyl groups is 2. The van der Waals surface area contributed by atoms with Gasteiger partial charge in [0, 0.05) is 34.3 Å². The fourth-order valence-corrected chi connectivity index (χ4v) is 4.44. The van der Waals surface area contributed by atoms with Gasteiger partial charge in [0.1, 0.15) is 0 Å². The van der Waals surface area contributed by atoms with Gasteiger partial charge in [-0.25, -0.2) is 9.50 Å². The second-order valence-corrected chi connectivity index (χ2v) is 10.7. The Morgan fingerprint density at radius 3 is 2.65 bits per heavy atom. The highest BCUT2D eigenvalue weighted by Crippen LogP contribution is 2.32. The van der Waals surface area contributed by atoms with Gasteiger partial charge < -0.3 is 20.8 Å². The van der Waals surface area contributed by atoms with E-state index in [9.17, 15) is 15.0 Å². The van der Waals surface area contributed by atoms with Crippen molar-refractivity contribution in [3.8, 4) is 22.5 Å². The molecule has 0 unspecified atom stereocenters. The fraction of sp³-hybridized carbons (Fsp3) is 0.321. The zero-order chi connectivity index (χ0) is 26.3. The number of halogens is 1. The predicted octanol–water partition coefficient (Wildman–Crippen LogP) is 4.59. The van der Waals surface area contributed by atoms with Crippen LogP contribution in [-0.2, 0) is 6.61 Å². The Kier molecular flexibility index (Phi) is 6.66. The summed E-state index contributed by atoms with van der Waals surface area (Å²) in [5.74, 6) is -0.0533. The van der Waals surface area contributed by atoms with Crippen LogP contribution < -0.4 is 10.6 Å². The molecule has 8 nitrogen and oxygen atoms in total. The maximum Gasteiger partial charge on any atom is 0.251 e. The van der Waals surface area contributed by atoms with E-state index in [1.54, 1.807) is 36.7 Å². The van der Waals surface area contributed by atoms with Crippen LogP contribution in [0.15, 0.2) is 48.7 Å². The highest BCUT2D eigenvalue weighted by molar-refractivity contribution is 6.30. The van der Waals surface area contributed by atoms with Crippen LogP contribution >= 0.6 is 11.6 Å². The van der Waals surface area contributed by atoms with Crippen LogP contribution in [0.1, 0.15) is 48.2 Å². The molecule has 4 N–H and O–H groups in total. The summed E-state index contributed by atoms with van der Waals surface area (Å²) in [6.07, 6.45) is 3.82. The number of carbonyl (C=O) groups excluding carboxylic acids is 1. The van der Waals surface area contributed by atoms with Crippen LogP contribution in [0, 0.1) is 6.92 Å². The largest absolute Gasteiger partial charge is 0.392 e. The van der Waals surface area contributed by atoms with Crippen LogP contribution in [0.4, 0.5) is 5.69 Å². The SMILES string of the molecule is Cc1cc(-c2cnc3c(NCC(C)(C)O)cc(-c4ccc(Cl)cc4CO)nn23)ccc1C(=O)NC1CC1. The number of hydrogen-bond acceptors (Lipinski definition) is 6. The summed E-state index contributed by atoms with van der Waals surface area (Å²) in [5, 5.41) is 32.0. The van der Waals surface area contributed by atoms with Crippen molar-refractivity contribution in [2.24, 2.45) is 0 Å². The van der Waals surface area contributed by atoms with Gasteiger partial charge in [0.2, 0.25) is 0 Å². The van der Waals surface area contributed by atoms with Gasteiger partial charge >= 0.3 is 0 Å². The Balaban J connectivity index is 1.61. The minimum Gasteiger partial charge on any atom is -0.392 e. The molecule has 9 heteroatoms. The summed E-state index contributed by atoms with van der Waals surface area (Å²) in [6.45, 7) is 5.48. The number of fused-ring (bicyclic) bond motifs is 1. The van der Waals surface area contributed by atoms with Crippen molar-refractivity contribution in [2.75, 3.05) is 11.9 Å². The number of amides is 1. The molecule has 2 aromatic heterocycles. The molecular formula is C28H30ClN5O3. The number of benzene rings is 2. The van der Waals surface area contributed by atoms with Crippen LogP contribution in [-0.4, -0.2) is 48.9 Å². The van der Waals surface area contributed by atoms with Crippen molar-refractivity contribution in [3.05, 3.63) is 70.4 Å². The van der Waals surface area contributed by atoms with Crippen LogP contribution in [0.25, 0.3) is 28.2 Å². The van der Waals surface area contributed by atoms with E-state index in [1.807, 2.05) is 37.3 Å². The summed E-state index contributed by atoms with van der Waals surface area (Å²) in [4.78, 5) is 17.2. The molecule has 0 spiro atoms. The van der Waals surface area contributed by atoms with Crippen molar-refractivity contribution in [3.63, 3.8) is 0 Å². The number of aryl methyl sites for hydroxylation is 1. The summed E-state index contributed by atoms with van der Waals surface area (Å²) in [5.41, 5.74) is 5.47. The third-order valence-electron chi connectivity index (χ3n) is 6.37. The van der Waals surface area contributed by atoms with E-state index in [0.717, 1.165) is 35.2 Å². The van der Waals surface area contributed by atoms with Gasteiger partial charge in [0.05, 0.1) is 35.5 Å². The van der Waals surface area contributed by atoms with Crippen LogP contribution in [0.3, 0.4) is 0 Å². The maximum absolute atomic E-state index is 12.6. The third kappa shape index (κ3) is 5.46. The fourth-order valence-electron chi connectivity index (χ4n) is 4.25. The van der Waals surface area contributed by atoms with Gasteiger partial charge in [-0.3, -0.25) is 4.79 Å². The number of imidazole rings is 1. The second kappa shape index (κ2) is 9.78. The summed E-state index contributed by atoms with van der Waals surface area (Å²) in [6, 6.07) is 13.2. The van der Waals surface area contributed by atoms with Crippen molar-refractivity contribution < 1.29 is 15.0 Å². The number of anilines is 1. The van der Waals surface area contributed by atoms with Crippen molar-refractivity contribution >= 4 is 28.8 Å². The lowest BCUT2D eigenvalue weighted by Gasteiger charge is -2.19. The Morgan fingerprint density at radius 2 is 1.97 bits per heavy atom. The zero-order valence-corrected chi connectivity index (χ0v) is 21.8. The first kappa shape index (κ1) is 25.2. The van der Waals surface area contributed by atoms with E-state index in [1.165, 1.54) is 0 Å². The van der Waals surface area contributed by atoms with Gasteiger partial charge in [0.15, 0.2) is 5.65 Å². The molecule has 2 aromatic carbocycles. The molecule has 1 amide bonds. The molecular weight excluding hydrogens is 490 g/mol. The van der Waals surface area contributed by atoms with E-state index >= 15 is 0 Å². The van der Waals surface area contributed by atoms with Gasteiger partial charge in [-0.1, -0.05) is 23.7 Å². The van der Waals surface area contributed by atoms with E-state index < -0.39 is 5.60 Å². The predicted molar refractivity (Wildman–Crippen MR) is 145 cm³/mol. The van der Waals surface area contributed by atoms with Crippen molar-refractivity contribution in [1.29, 1.82) is 0 Å². The third-order valence-corrected chi connectivity index (χ3v) is 6.61. The monoisotopic (exact) mass is 519 g/mol. The Hall–Kier alpha value is -3.46. The van der Waals surface area contributed by atoms with Gasteiger partial charge in [-0.05, 0) is 75.1 Å². The van der Waals surface area contributed by atoms with E-state index in [0.29, 0.717) is 45.8 Å². The topological polar surface area (TPSA) is 112 Å². The second-order valence-electron chi connectivity index (χ2n) is 10.2. The molecule has 0 saturated heterocycles. The normalized spacial score (nSPS) is 13.7. The quantitative estimate of drug-likeness (QED) is 0.271. The Morgan fingerprint density at radius 1 is 1.19 bits per heavy atom. The molecule has 37 heavy (non-hydrogen) atoms. The van der Waals surface area contributed by atoms with Gasteiger partial charge in [0.25, 0.3) is 5.91 Å². The zero-order valence-electron chi connectivity index (χ0n) is 21.0. The first-order chi connectivity index (χ1) is 17.6. The lowest BCUT2D eigenvalue weighted by molar-refractivity contribution is 0.0940. The van der Waals surface area contributed by atoms with E-state index in [-0.39, 0.29) is 12.5 Å². The number of nitrogens with zero attached hydrogens (tertiary/aromatic N) is 3. The number of nitrogens with one attached hydrogen (secondary N) is 2. The van der Waals surface area contributed by atoms with Crippen molar-refractivity contribution in [1.82, 2.24) is 19.9 Å². The van der Waals surface area contributed by atoms with Crippen molar-refractivity contribution in [2.45, 2.75) is 51.9 Å². The summed E-state index contributed by atoms with van der Waals surface area (Å²) < 4.78 is 1.75. The molecule has 1 saturated carbocycles.